The maximum absolute atomic E-state index is 10.9. The van der Waals surface area contributed by atoms with Gasteiger partial charge in [-0.2, -0.15) is 0 Å². The van der Waals surface area contributed by atoms with Crippen LogP contribution in [0.2, 0.25) is 10.0 Å². The molecule has 0 aliphatic heterocycles. The van der Waals surface area contributed by atoms with E-state index in [4.69, 9.17) is 28.3 Å². The second kappa shape index (κ2) is 6.88. The molecule has 0 bridgehead atoms. The van der Waals surface area contributed by atoms with Gasteiger partial charge in [0.25, 0.3) is 0 Å². The topological polar surface area (TPSA) is 42.2 Å². The number of rotatable bonds is 5. The predicted octanol–water partition coefficient (Wildman–Crippen LogP) is 5.32. The molecule has 1 aromatic heterocycles. The summed E-state index contributed by atoms with van der Waals surface area (Å²) in [5.74, 6) is -0.788. The Morgan fingerprint density at radius 3 is 2.62 bits per heavy atom. The van der Waals surface area contributed by atoms with Crippen molar-refractivity contribution in [2.75, 3.05) is 0 Å². The Kier molecular flexibility index (Phi) is 4.83. The van der Waals surface area contributed by atoms with Gasteiger partial charge in [0.05, 0.1) is 0 Å². The van der Waals surface area contributed by atoms with Crippen LogP contribution >= 0.6 is 23.2 Å². The summed E-state index contributed by atoms with van der Waals surface area (Å²) in [6, 6.07) is 11.7. The van der Waals surface area contributed by atoms with E-state index in [-0.39, 0.29) is 6.42 Å². The van der Waals surface area contributed by atoms with Gasteiger partial charge in [-0.05, 0) is 48.2 Å². The highest BCUT2D eigenvalue weighted by Crippen LogP contribution is 2.27. The van der Waals surface area contributed by atoms with E-state index in [9.17, 15) is 4.79 Å². The minimum absolute atomic E-state index is 0.120. The number of carboxylic acids is 1. The fourth-order valence-corrected chi connectivity index (χ4v) is 3.35. The van der Waals surface area contributed by atoms with Gasteiger partial charge < -0.3 is 9.67 Å². The molecule has 0 aliphatic rings. The smallest absolute Gasteiger partial charge is 0.303 e. The quantitative estimate of drug-likeness (QED) is 0.667. The average Bonchev–Trinajstić information content (AvgIpc) is 2.85. The summed E-state index contributed by atoms with van der Waals surface area (Å²) >= 11 is 12.3. The first-order chi connectivity index (χ1) is 11.4. The molecule has 3 rings (SSSR count). The van der Waals surface area contributed by atoms with Crippen LogP contribution in [0.5, 0.6) is 0 Å². The van der Waals surface area contributed by atoms with Crippen LogP contribution in [0, 0.1) is 6.92 Å². The minimum Gasteiger partial charge on any atom is -0.481 e. The lowest BCUT2D eigenvalue weighted by Gasteiger charge is -2.08. The van der Waals surface area contributed by atoms with Crippen LogP contribution in [-0.2, 0) is 17.8 Å². The third kappa shape index (κ3) is 3.58. The number of aromatic nitrogens is 1. The van der Waals surface area contributed by atoms with Crippen LogP contribution in [0.25, 0.3) is 10.9 Å². The molecule has 0 saturated heterocycles. The standard InChI is InChI=1S/C19H17Cl2NO2/c1-12-2-6-16-13(4-7-19(23)24)10-22(18(16)8-12)11-14-3-5-15(20)9-17(14)21/h2-3,5-6,8-10H,4,7,11H2,1H3,(H,23,24). The Morgan fingerprint density at radius 2 is 1.92 bits per heavy atom. The van der Waals surface area contributed by atoms with E-state index in [0.29, 0.717) is 23.0 Å². The zero-order valence-corrected chi connectivity index (χ0v) is 14.7. The van der Waals surface area contributed by atoms with Crippen molar-refractivity contribution in [2.24, 2.45) is 0 Å². The number of halogens is 2. The third-order valence-electron chi connectivity index (χ3n) is 4.08. The Balaban J connectivity index is 2.03. The molecule has 24 heavy (non-hydrogen) atoms. The molecular weight excluding hydrogens is 345 g/mol. The highest BCUT2D eigenvalue weighted by atomic mass is 35.5. The van der Waals surface area contributed by atoms with Crippen molar-refractivity contribution in [2.45, 2.75) is 26.3 Å². The van der Waals surface area contributed by atoms with Gasteiger partial charge in [-0.25, -0.2) is 0 Å². The van der Waals surface area contributed by atoms with Crippen molar-refractivity contribution in [1.82, 2.24) is 4.57 Å². The number of hydrogen-bond donors (Lipinski definition) is 1. The molecule has 0 fully saturated rings. The maximum Gasteiger partial charge on any atom is 0.303 e. The second-order valence-electron chi connectivity index (χ2n) is 5.93. The summed E-state index contributed by atoms with van der Waals surface area (Å²) in [6.07, 6.45) is 2.66. The SMILES string of the molecule is Cc1ccc2c(CCC(=O)O)cn(Cc3ccc(Cl)cc3Cl)c2c1. The Labute approximate surface area is 150 Å². The summed E-state index contributed by atoms with van der Waals surface area (Å²) < 4.78 is 2.12. The molecule has 0 radical (unpaired) electrons. The number of carbonyl (C=O) groups is 1. The third-order valence-corrected chi connectivity index (χ3v) is 4.67. The van der Waals surface area contributed by atoms with Gasteiger partial charge in [-0.1, -0.05) is 41.4 Å². The molecule has 5 heteroatoms. The first-order valence-electron chi connectivity index (χ1n) is 7.68. The molecule has 0 amide bonds. The molecule has 3 aromatic rings. The summed E-state index contributed by atoms with van der Waals surface area (Å²) in [5, 5.41) is 11.3. The van der Waals surface area contributed by atoms with Crippen LogP contribution in [-0.4, -0.2) is 15.6 Å². The van der Waals surface area contributed by atoms with E-state index in [2.05, 4.69) is 16.7 Å². The van der Waals surface area contributed by atoms with Gasteiger partial charge in [0.2, 0.25) is 0 Å². The number of hydrogen-bond acceptors (Lipinski definition) is 1. The van der Waals surface area contributed by atoms with E-state index in [1.165, 1.54) is 0 Å². The molecular formula is C19H17Cl2NO2. The number of fused-ring (bicyclic) bond motifs is 1. The van der Waals surface area contributed by atoms with Crippen molar-refractivity contribution in [3.63, 3.8) is 0 Å². The zero-order chi connectivity index (χ0) is 17.3. The molecule has 0 atom stereocenters. The second-order valence-corrected chi connectivity index (χ2v) is 6.78. The van der Waals surface area contributed by atoms with Crippen LogP contribution in [0.15, 0.2) is 42.6 Å². The number of nitrogens with zero attached hydrogens (tertiary/aromatic N) is 1. The highest BCUT2D eigenvalue weighted by molar-refractivity contribution is 6.35. The minimum atomic E-state index is -0.788. The van der Waals surface area contributed by atoms with Crippen LogP contribution in [0.1, 0.15) is 23.1 Å². The molecule has 0 saturated carbocycles. The van der Waals surface area contributed by atoms with Crippen LogP contribution < -0.4 is 0 Å². The Bertz CT molecular complexity index is 915. The first-order valence-corrected chi connectivity index (χ1v) is 8.44. The monoisotopic (exact) mass is 361 g/mol. The fraction of sp³-hybridized carbons (Fsp3) is 0.211. The Hall–Kier alpha value is -1.97. The lowest BCUT2D eigenvalue weighted by molar-refractivity contribution is -0.136. The average molecular weight is 362 g/mol. The van der Waals surface area contributed by atoms with Crippen molar-refractivity contribution < 1.29 is 9.90 Å². The number of aryl methyl sites for hydroxylation is 2. The lowest BCUT2D eigenvalue weighted by Crippen LogP contribution is -1.99. The normalized spacial score (nSPS) is 11.1. The van der Waals surface area contributed by atoms with E-state index < -0.39 is 5.97 Å². The molecule has 3 nitrogen and oxygen atoms in total. The van der Waals surface area contributed by atoms with Gasteiger partial charge in [-0.15, -0.1) is 0 Å². The summed E-state index contributed by atoms with van der Waals surface area (Å²) in [4.78, 5) is 10.9. The number of aliphatic carboxylic acids is 1. The van der Waals surface area contributed by atoms with Crippen LogP contribution in [0.4, 0.5) is 0 Å². The van der Waals surface area contributed by atoms with Crippen molar-refractivity contribution in [3.05, 3.63) is 69.3 Å². The molecule has 124 valence electrons. The highest BCUT2D eigenvalue weighted by Gasteiger charge is 2.12. The zero-order valence-electron chi connectivity index (χ0n) is 13.2. The first kappa shape index (κ1) is 16.9. The summed E-state index contributed by atoms with van der Waals surface area (Å²) in [7, 11) is 0. The number of carboxylic acid groups (broad SMARTS) is 1. The van der Waals surface area contributed by atoms with Crippen molar-refractivity contribution in [3.8, 4) is 0 Å². The van der Waals surface area contributed by atoms with Gasteiger partial charge in [0, 0.05) is 40.1 Å². The maximum atomic E-state index is 10.9. The van der Waals surface area contributed by atoms with Gasteiger partial charge >= 0.3 is 5.97 Å². The van der Waals surface area contributed by atoms with Crippen LogP contribution in [0.3, 0.4) is 0 Å². The van der Waals surface area contributed by atoms with Gasteiger partial charge in [0.1, 0.15) is 0 Å². The van der Waals surface area contributed by atoms with Crippen molar-refractivity contribution in [1.29, 1.82) is 0 Å². The molecule has 1 N–H and O–H groups in total. The Morgan fingerprint density at radius 1 is 1.12 bits per heavy atom. The largest absolute Gasteiger partial charge is 0.481 e. The molecule has 2 aromatic carbocycles. The van der Waals surface area contributed by atoms with E-state index in [0.717, 1.165) is 27.6 Å². The van der Waals surface area contributed by atoms with E-state index in [1.54, 1.807) is 6.07 Å². The van der Waals surface area contributed by atoms with Gasteiger partial charge in [0.15, 0.2) is 0 Å². The van der Waals surface area contributed by atoms with E-state index >= 15 is 0 Å². The van der Waals surface area contributed by atoms with E-state index in [1.807, 2.05) is 31.3 Å². The predicted molar refractivity (Wildman–Crippen MR) is 98.2 cm³/mol. The molecule has 1 heterocycles. The fourth-order valence-electron chi connectivity index (χ4n) is 2.88. The number of benzene rings is 2. The lowest BCUT2D eigenvalue weighted by atomic mass is 10.1. The molecule has 0 aliphatic carbocycles. The summed E-state index contributed by atoms with van der Waals surface area (Å²) in [5.41, 5.74) is 4.26. The van der Waals surface area contributed by atoms with Crippen molar-refractivity contribution >= 4 is 40.1 Å². The molecule has 0 unspecified atom stereocenters. The molecule has 0 spiro atoms. The van der Waals surface area contributed by atoms with Gasteiger partial charge in [-0.3, -0.25) is 4.79 Å². The summed E-state index contributed by atoms with van der Waals surface area (Å²) in [6.45, 7) is 2.66.